The van der Waals surface area contributed by atoms with Crippen LogP contribution in [0.25, 0.3) is 0 Å². The molecule has 5 rings (SSSR count). The Kier molecular flexibility index (Phi) is 5.38. The van der Waals surface area contributed by atoms with Crippen LogP contribution in [0.5, 0.6) is 11.5 Å². The first-order valence-electron chi connectivity index (χ1n) is 9.89. The van der Waals surface area contributed by atoms with E-state index in [1.807, 2.05) is 23.1 Å². The number of benzene rings is 1. The van der Waals surface area contributed by atoms with Crippen LogP contribution in [0.3, 0.4) is 0 Å². The summed E-state index contributed by atoms with van der Waals surface area (Å²) in [5, 5.41) is 6.53. The topological polar surface area (TPSA) is 79.9 Å². The van der Waals surface area contributed by atoms with Gasteiger partial charge in [0.15, 0.2) is 11.5 Å². The van der Waals surface area contributed by atoms with Gasteiger partial charge in [0.2, 0.25) is 18.6 Å². The molecule has 0 spiro atoms. The highest BCUT2D eigenvalue weighted by Crippen LogP contribution is 2.39. The second-order valence-corrected chi connectivity index (χ2v) is 8.02. The number of amides is 2. The third kappa shape index (κ3) is 3.31. The monoisotopic (exact) mass is 407 g/mol. The summed E-state index contributed by atoms with van der Waals surface area (Å²) in [7, 11) is 0. The lowest BCUT2D eigenvalue weighted by atomic mass is 9.72. The number of hydrogen-bond acceptors (Lipinski definition) is 5. The number of rotatable bonds is 3. The maximum absolute atomic E-state index is 13.1. The van der Waals surface area contributed by atoms with Crippen molar-refractivity contribution in [1.82, 2.24) is 15.5 Å². The van der Waals surface area contributed by atoms with E-state index in [1.54, 1.807) is 0 Å². The Hall–Kier alpha value is -1.99. The zero-order chi connectivity index (χ0) is 18.4. The predicted octanol–water partition coefficient (Wildman–Crippen LogP) is 1.44. The molecule has 28 heavy (non-hydrogen) atoms. The molecule has 2 N–H and O–H groups in total. The van der Waals surface area contributed by atoms with Gasteiger partial charge in [-0.15, -0.1) is 12.4 Å². The summed E-state index contributed by atoms with van der Waals surface area (Å²) >= 11 is 0. The van der Waals surface area contributed by atoms with Crippen LogP contribution in [-0.2, 0) is 16.1 Å². The van der Waals surface area contributed by atoms with E-state index in [0.29, 0.717) is 24.6 Å². The van der Waals surface area contributed by atoms with E-state index in [4.69, 9.17) is 9.47 Å². The number of ether oxygens (including phenoxy) is 2. The molecule has 4 atom stereocenters. The fraction of sp³-hybridized carbons (Fsp3) is 0.600. The van der Waals surface area contributed by atoms with Gasteiger partial charge in [0.25, 0.3) is 0 Å². The Bertz CT molecular complexity index is 774. The van der Waals surface area contributed by atoms with E-state index >= 15 is 0 Å². The van der Waals surface area contributed by atoms with Gasteiger partial charge in [-0.1, -0.05) is 6.07 Å². The molecule has 2 bridgehead atoms. The van der Waals surface area contributed by atoms with Gasteiger partial charge in [-0.3, -0.25) is 9.59 Å². The van der Waals surface area contributed by atoms with Gasteiger partial charge in [-0.05, 0) is 49.4 Å². The van der Waals surface area contributed by atoms with E-state index < -0.39 is 0 Å². The van der Waals surface area contributed by atoms with Crippen LogP contribution in [0.2, 0.25) is 0 Å². The van der Waals surface area contributed by atoms with Crippen molar-refractivity contribution in [2.45, 2.75) is 44.3 Å². The molecule has 4 aliphatic heterocycles. The molecule has 0 unspecified atom stereocenters. The maximum atomic E-state index is 13.1. The summed E-state index contributed by atoms with van der Waals surface area (Å²) < 4.78 is 10.7. The van der Waals surface area contributed by atoms with Crippen LogP contribution >= 0.6 is 12.4 Å². The quantitative estimate of drug-likeness (QED) is 0.792. The second kappa shape index (κ2) is 7.79. The van der Waals surface area contributed by atoms with Crippen molar-refractivity contribution < 1.29 is 19.1 Å². The van der Waals surface area contributed by atoms with Crippen LogP contribution in [0.1, 0.15) is 31.2 Å². The average Bonchev–Trinajstić information content (AvgIpc) is 3.15. The molecular weight excluding hydrogens is 382 g/mol. The summed E-state index contributed by atoms with van der Waals surface area (Å²) in [6, 6.07) is 5.54. The molecule has 8 heteroatoms. The van der Waals surface area contributed by atoms with E-state index in [2.05, 4.69) is 10.6 Å². The standard InChI is InChI=1S/C20H25N3O4.ClH/c24-18-3-1-2-15-13-7-14(10-21-9-13)19(23(15)18)20(25)22-8-12-4-5-16-17(6-12)27-11-26-16;/h4-6,13-15,19,21H,1-3,7-11H2,(H,22,25);1H/t13-,14+,15+,19-;/m1./s1. The van der Waals surface area contributed by atoms with Crippen molar-refractivity contribution in [2.24, 2.45) is 11.8 Å². The van der Waals surface area contributed by atoms with Gasteiger partial charge in [0, 0.05) is 31.5 Å². The molecule has 3 saturated heterocycles. The zero-order valence-corrected chi connectivity index (χ0v) is 16.5. The fourth-order valence-electron chi connectivity index (χ4n) is 5.20. The molecule has 4 heterocycles. The number of nitrogens with one attached hydrogen (secondary N) is 2. The van der Waals surface area contributed by atoms with E-state index in [-0.39, 0.29) is 49.0 Å². The smallest absolute Gasteiger partial charge is 0.243 e. The van der Waals surface area contributed by atoms with Gasteiger partial charge >= 0.3 is 0 Å². The first kappa shape index (κ1) is 19.3. The summed E-state index contributed by atoms with van der Waals surface area (Å²) in [6.45, 7) is 2.41. The number of hydrogen-bond donors (Lipinski definition) is 2. The molecule has 1 aromatic carbocycles. The first-order chi connectivity index (χ1) is 13.2. The van der Waals surface area contributed by atoms with Gasteiger partial charge in [0.1, 0.15) is 6.04 Å². The summed E-state index contributed by atoms with van der Waals surface area (Å²) in [6.07, 6.45) is 3.54. The molecule has 0 aromatic heterocycles. The van der Waals surface area contributed by atoms with Crippen molar-refractivity contribution >= 4 is 24.2 Å². The van der Waals surface area contributed by atoms with Crippen molar-refractivity contribution in [3.63, 3.8) is 0 Å². The summed E-state index contributed by atoms with van der Waals surface area (Å²) in [5.41, 5.74) is 0.963. The van der Waals surface area contributed by atoms with Crippen molar-refractivity contribution in [1.29, 1.82) is 0 Å². The van der Waals surface area contributed by atoms with Gasteiger partial charge in [-0.2, -0.15) is 0 Å². The molecule has 0 aliphatic carbocycles. The molecular formula is C20H26ClN3O4. The Morgan fingerprint density at radius 3 is 2.93 bits per heavy atom. The minimum absolute atomic E-state index is 0. The number of nitrogens with zero attached hydrogens (tertiary/aromatic N) is 1. The van der Waals surface area contributed by atoms with Gasteiger partial charge < -0.3 is 25.0 Å². The Morgan fingerprint density at radius 1 is 1.21 bits per heavy atom. The third-order valence-electron chi connectivity index (χ3n) is 6.42. The fourth-order valence-corrected chi connectivity index (χ4v) is 5.20. The maximum Gasteiger partial charge on any atom is 0.243 e. The van der Waals surface area contributed by atoms with E-state index in [0.717, 1.165) is 43.7 Å². The molecule has 0 radical (unpaired) electrons. The van der Waals surface area contributed by atoms with E-state index in [9.17, 15) is 9.59 Å². The van der Waals surface area contributed by atoms with Crippen molar-refractivity contribution in [3.8, 4) is 11.5 Å². The van der Waals surface area contributed by atoms with Gasteiger partial charge in [-0.25, -0.2) is 0 Å². The highest BCUT2D eigenvalue weighted by molar-refractivity contribution is 5.89. The lowest BCUT2D eigenvalue weighted by Gasteiger charge is -2.53. The SMILES string of the molecule is Cl.O=C(NCc1ccc2c(c1)OCO2)[C@H]1[C@@H]2CNC[C@@H](C2)[C@@H]2CCCC(=O)N21. The minimum Gasteiger partial charge on any atom is -0.454 e. The Morgan fingerprint density at radius 2 is 2.04 bits per heavy atom. The minimum atomic E-state index is -0.360. The molecule has 4 aliphatic rings. The summed E-state index contributed by atoms with van der Waals surface area (Å²) in [4.78, 5) is 27.7. The number of fused-ring (bicyclic) bond motifs is 5. The molecule has 152 valence electrons. The van der Waals surface area contributed by atoms with Crippen LogP contribution in [0, 0.1) is 11.8 Å². The highest BCUT2D eigenvalue weighted by Gasteiger charge is 2.50. The highest BCUT2D eigenvalue weighted by atomic mass is 35.5. The van der Waals surface area contributed by atoms with Crippen LogP contribution in [0.15, 0.2) is 18.2 Å². The van der Waals surface area contributed by atoms with Crippen molar-refractivity contribution in [3.05, 3.63) is 23.8 Å². The number of carbonyl (C=O) groups excluding carboxylic acids is 2. The second-order valence-electron chi connectivity index (χ2n) is 8.02. The predicted molar refractivity (Wildman–Crippen MR) is 104 cm³/mol. The normalized spacial score (nSPS) is 30.3. The molecule has 3 fully saturated rings. The Labute approximate surface area is 170 Å². The van der Waals surface area contributed by atoms with Crippen LogP contribution in [0.4, 0.5) is 0 Å². The number of piperidine rings is 3. The van der Waals surface area contributed by atoms with Crippen molar-refractivity contribution in [2.75, 3.05) is 19.9 Å². The third-order valence-corrected chi connectivity index (χ3v) is 6.42. The number of halogens is 1. The zero-order valence-electron chi connectivity index (χ0n) is 15.7. The Balaban J connectivity index is 0.00000192. The van der Waals surface area contributed by atoms with Gasteiger partial charge in [0.05, 0.1) is 0 Å². The number of carbonyl (C=O) groups is 2. The first-order valence-corrected chi connectivity index (χ1v) is 9.89. The lowest BCUT2D eigenvalue weighted by molar-refractivity contribution is -0.157. The molecule has 1 aromatic rings. The van der Waals surface area contributed by atoms with Crippen LogP contribution < -0.4 is 20.1 Å². The molecule has 2 amide bonds. The molecule has 0 saturated carbocycles. The summed E-state index contributed by atoms with van der Waals surface area (Å²) in [5.74, 6) is 2.22. The largest absolute Gasteiger partial charge is 0.454 e. The average molecular weight is 408 g/mol. The molecule has 7 nitrogen and oxygen atoms in total. The lowest BCUT2D eigenvalue weighted by Crippen LogP contribution is -2.67. The van der Waals surface area contributed by atoms with E-state index in [1.165, 1.54) is 0 Å². The van der Waals surface area contributed by atoms with Crippen LogP contribution in [-0.4, -0.2) is 48.7 Å².